The summed E-state index contributed by atoms with van der Waals surface area (Å²) in [4.78, 5) is 35.6. The smallest absolute Gasteiger partial charge is 0.273 e. The van der Waals surface area contributed by atoms with Gasteiger partial charge < -0.3 is 14.0 Å². The number of benzene rings is 1. The lowest BCUT2D eigenvalue weighted by atomic mass is 9.79. The molecule has 1 aliphatic rings. The maximum absolute atomic E-state index is 12.3. The first kappa shape index (κ1) is 19.9. The molecule has 2 aromatic rings. The molecule has 0 bridgehead atoms. The molecule has 0 radical (unpaired) electrons. The standard InChI is InChI=1S/C18H20N4O5S/c1-28-26-10-16(23)20-21-17(24)12-7-13(8-12)19-18(25)14-9-15(27-22-14)11-5-3-2-4-6-11/h2-6,9,12-13H,7-8,10H2,1H3,(H,19,25)(H,20,23)(H,21,24). The lowest BCUT2D eigenvalue weighted by Gasteiger charge is -2.34. The van der Waals surface area contributed by atoms with Crippen LogP contribution in [0.15, 0.2) is 40.9 Å². The first-order valence-electron chi connectivity index (χ1n) is 8.64. The molecule has 10 heteroatoms. The molecular weight excluding hydrogens is 384 g/mol. The summed E-state index contributed by atoms with van der Waals surface area (Å²) in [7, 11) is 0. The largest absolute Gasteiger partial charge is 0.355 e. The van der Waals surface area contributed by atoms with E-state index in [0.717, 1.165) is 17.6 Å². The number of amides is 3. The van der Waals surface area contributed by atoms with E-state index >= 15 is 0 Å². The Morgan fingerprint density at radius 3 is 2.68 bits per heavy atom. The molecule has 9 nitrogen and oxygen atoms in total. The average molecular weight is 404 g/mol. The van der Waals surface area contributed by atoms with Crippen LogP contribution in [0.5, 0.6) is 0 Å². The first-order chi connectivity index (χ1) is 13.6. The van der Waals surface area contributed by atoms with Gasteiger partial charge in [-0.2, -0.15) is 0 Å². The highest BCUT2D eigenvalue weighted by Crippen LogP contribution is 2.28. The van der Waals surface area contributed by atoms with E-state index in [4.69, 9.17) is 8.71 Å². The molecule has 1 saturated carbocycles. The van der Waals surface area contributed by atoms with Crippen LogP contribution in [0.25, 0.3) is 11.3 Å². The molecule has 3 rings (SSSR count). The summed E-state index contributed by atoms with van der Waals surface area (Å²) in [5, 5.41) is 6.63. The van der Waals surface area contributed by atoms with Gasteiger partial charge in [-0.1, -0.05) is 35.5 Å². The van der Waals surface area contributed by atoms with Crippen molar-refractivity contribution < 1.29 is 23.1 Å². The summed E-state index contributed by atoms with van der Waals surface area (Å²) in [6.07, 6.45) is 2.66. The Labute approximate surface area is 165 Å². The van der Waals surface area contributed by atoms with E-state index in [0.29, 0.717) is 18.6 Å². The molecule has 0 aliphatic heterocycles. The van der Waals surface area contributed by atoms with Crippen LogP contribution in [-0.2, 0) is 13.8 Å². The van der Waals surface area contributed by atoms with Gasteiger partial charge in [0.25, 0.3) is 11.8 Å². The normalized spacial score (nSPS) is 18.0. The number of rotatable bonds is 7. The van der Waals surface area contributed by atoms with Gasteiger partial charge in [-0.25, -0.2) is 0 Å². The second-order valence-corrected chi connectivity index (χ2v) is 6.82. The van der Waals surface area contributed by atoms with Crippen molar-refractivity contribution in [2.45, 2.75) is 18.9 Å². The fraction of sp³-hybridized carbons (Fsp3) is 0.333. The predicted octanol–water partition coefficient (Wildman–Crippen LogP) is 1.29. The molecule has 3 amide bonds. The van der Waals surface area contributed by atoms with Crippen molar-refractivity contribution in [1.82, 2.24) is 21.3 Å². The number of carbonyl (C=O) groups is 3. The fourth-order valence-corrected chi connectivity index (χ4v) is 2.94. The predicted molar refractivity (Wildman–Crippen MR) is 102 cm³/mol. The zero-order valence-corrected chi connectivity index (χ0v) is 16.0. The zero-order chi connectivity index (χ0) is 19.9. The molecule has 1 heterocycles. The Morgan fingerprint density at radius 2 is 1.96 bits per heavy atom. The molecule has 1 aromatic carbocycles. The Morgan fingerprint density at radius 1 is 1.21 bits per heavy atom. The molecule has 0 atom stereocenters. The van der Waals surface area contributed by atoms with Crippen molar-refractivity contribution in [2.75, 3.05) is 12.9 Å². The van der Waals surface area contributed by atoms with Gasteiger partial charge in [-0.15, -0.1) is 0 Å². The number of hydrogen-bond donors (Lipinski definition) is 3. The topological polar surface area (TPSA) is 123 Å². The lowest BCUT2D eigenvalue weighted by Crippen LogP contribution is -2.53. The van der Waals surface area contributed by atoms with Crippen LogP contribution in [0, 0.1) is 5.92 Å². The molecule has 0 saturated heterocycles. The van der Waals surface area contributed by atoms with Crippen molar-refractivity contribution >= 4 is 29.8 Å². The van der Waals surface area contributed by atoms with Gasteiger partial charge in [0.05, 0.1) is 0 Å². The summed E-state index contributed by atoms with van der Waals surface area (Å²) >= 11 is 1.06. The van der Waals surface area contributed by atoms with Gasteiger partial charge in [-0.3, -0.25) is 25.2 Å². The second-order valence-electron chi connectivity index (χ2n) is 6.25. The van der Waals surface area contributed by atoms with Gasteiger partial charge in [-0.05, 0) is 24.9 Å². The summed E-state index contributed by atoms with van der Waals surface area (Å²) in [6.45, 7) is -0.145. The molecule has 1 fully saturated rings. The van der Waals surface area contributed by atoms with Crippen LogP contribution in [-0.4, -0.2) is 41.8 Å². The molecule has 148 valence electrons. The van der Waals surface area contributed by atoms with Crippen LogP contribution >= 0.6 is 12.0 Å². The van der Waals surface area contributed by atoms with E-state index < -0.39 is 5.91 Å². The fourth-order valence-electron chi connectivity index (χ4n) is 2.71. The third-order valence-electron chi connectivity index (χ3n) is 4.28. The molecule has 0 spiro atoms. The second kappa shape index (κ2) is 9.38. The maximum Gasteiger partial charge on any atom is 0.273 e. The van der Waals surface area contributed by atoms with E-state index in [1.54, 1.807) is 12.3 Å². The van der Waals surface area contributed by atoms with Crippen LogP contribution < -0.4 is 16.2 Å². The van der Waals surface area contributed by atoms with Crippen molar-refractivity contribution in [3.8, 4) is 11.3 Å². The van der Waals surface area contributed by atoms with Gasteiger partial charge in [0.1, 0.15) is 6.61 Å². The molecular formula is C18H20N4O5S. The van der Waals surface area contributed by atoms with E-state index in [2.05, 4.69) is 21.3 Å². The summed E-state index contributed by atoms with van der Waals surface area (Å²) in [6, 6.07) is 10.8. The van der Waals surface area contributed by atoms with Crippen molar-refractivity contribution in [3.63, 3.8) is 0 Å². The van der Waals surface area contributed by atoms with Gasteiger partial charge in [0, 0.05) is 29.8 Å². The minimum absolute atomic E-state index is 0.129. The van der Waals surface area contributed by atoms with Gasteiger partial charge in [0.15, 0.2) is 11.5 Å². The number of hydrazine groups is 1. The minimum Gasteiger partial charge on any atom is -0.355 e. The maximum atomic E-state index is 12.3. The molecule has 3 N–H and O–H groups in total. The summed E-state index contributed by atoms with van der Waals surface area (Å²) in [5.74, 6) is -0.845. The third kappa shape index (κ3) is 5.11. The van der Waals surface area contributed by atoms with E-state index in [9.17, 15) is 14.4 Å². The number of aromatic nitrogens is 1. The third-order valence-corrected chi connectivity index (χ3v) is 4.63. The Hall–Kier alpha value is -2.85. The quantitative estimate of drug-likeness (QED) is 0.469. The zero-order valence-electron chi connectivity index (χ0n) is 15.1. The highest BCUT2D eigenvalue weighted by molar-refractivity contribution is 7.93. The average Bonchev–Trinajstić information content (AvgIpc) is 3.18. The Bertz CT molecular complexity index is 836. The number of hydrogen-bond acceptors (Lipinski definition) is 7. The minimum atomic E-state index is -0.438. The molecule has 28 heavy (non-hydrogen) atoms. The van der Waals surface area contributed by atoms with E-state index in [1.807, 2.05) is 30.3 Å². The van der Waals surface area contributed by atoms with E-state index in [-0.39, 0.29) is 36.1 Å². The molecule has 0 unspecified atom stereocenters. The van der Waals surface area contributed by atoms with Crippen molar-refractivity contribution in [3.05, 3.63) is 42.1 Å². The van der Waals surface area contributed by atoms with Gasteiger partial charge >= 0.3 is 0 Å². The number of nitrogens with zero attached hydrogens (tertiary/aromatic N) is 1. The molecule has 1 aliphatic carbocycles. The Balaban J connectivity index is 1.41. The SMILES string of the molecule is CSOCC(=O)NNC(=O)C1CC(NC(=O)c2cc(-c3ccccc3)on2)C1. The Kier molecular flexibility index (Phi) is 6.66. The monoisotopic (exact) mass is 404 g/mol. The summed E-state index contributed by atoms with van der Waals surface area (Å²) < 4.78 is 10.1. The van der Waals surface area contributed by atoms with Crippen LogP contribution in [0.1, 0.15) is 23.3 Å². The highest BCUT2D eigenvalue weighted by Gasteiger charge is 2.36. The number of carbonyl (C=O) groups excluding carboxylic acids is 3. The van der Waals surface area contributed by atoms with E-state index in [1.165, 1.54) is 0 Å². The highest BCUT2D eigenvalue weighted by atomic mass is 32.2. The van der Waals surface area contributed by atoms with Crippen LogP contribution in [0.2, 0.25) is 0 Å². The number of nitrogens with one attached hydrogen (secondary N) is 3. The lowest BCUT2D eigenvalue weighted by molar-refractivity contribution is -0.134. The molecule has 1 aromatic heterocycles. The van der Waals surface area contributed by atoms with Crippen molar-refractivity contribution in [2.24, 2.45) is 5.92 Å². The van der Waals surface area contributed by atoms with Gasteiger partial charge in [0.2, 0.25) is 5.91 Å². The van der Waals surface area contributed by atoms with Crippen molar-refractivity contribution in [1.29, 1.82) is 0 Å². The van der Waals surface area contributed by atoms with Crippen LogP contribution in [0.4, 0.5) is 0 Å². The van der Waals surface area contributed by atoms with Crippen LogP contribution in [0.3, 0.4) is 0 Å². The summed E-state index contributed by atoms with van der Waals surface area (Å²) in [5.41, 5.74) is 5.65. The first-order valence-corrected chi connectivity index (χ1v) is 9.79.